The summed E-state index contributed by atoms with van der Waals surface area (Å²) in [6.45, 7) is 6.82. The van der Waals surface area contributed by atoms with E-state index in [0.717, 1.165) is 36.9 Å². The number of fused-ring (bicyclic) bond motifs is 1. The van der Waals surface area contributed by atoms with Gasteiger partial charge in [0.2, 0.25) is 0 Å². The van der Waals surface area contributed by atoms with Crippen molar-refractivity contribution < 1.29 is 36.8 Å². The first-order chi connectivity index (χ1) is 24.3. The van der Waals surface area contributed by atoms with Crippen molar-refractivity contribution in [2.75, 3.05) is 36.2 Å². The summed E-state index contributed by atoms with van der Waals surface area (Å²) in [6, 6.07) is 16.0. The molecule has 51 heavy (non-hydrogen) atoms. The van der Waals surface area contributed by atoms with Crippen LogP contribution in [0.1, 0.15) is 73.3 Å². The van der Waals surface area contributed by atoms with Crippen molar-refractivity contribution in [3.8, 4) is 0 Å². The van der Waals surface area contributed by atoms with Crippen LogP contribution in [-0.2, 0) is 30.9 Å². The van der Waals surface area contributed by atoms with Crippen molar-refractivity contribution in [2.45, 2.75) is 59.4 Å². The first kappa shape index (κ1) is 40.1. The number of amides is 2. The van der Waals surface area contributed by atoms with Gasteiger partial charge in [-0.05, 0) is 74.4 Å². The third kappa shape index (κ3) is 13.5. The lowest BCUT2D eigenvalue weighted by molar-refractivity contribution is -0.142. The molecule has 274 valence electrons. The summed E-state index contributed by atoms with van der Waals surface area (Å²) in [4.78, 5) is 51.6. The Morgan fingerprint density at radius 2 is 1.73 bits per heavy atom. The molecule has 4 rings (SSSR count). The molecule has 15 nitrogen and oxygen atoms in total. The Balaban J connectivity index is 0.00000131. The third-order valence-electron chi connectivity index (χ3n) is 7.29. The molecule has 0 aliphatic heterocycles. The van der Waals surface area contributed by atoms with E-state index in [4.69, 9.17) is 24.4 Å². The number of unbranched alkanes of at least 4 members (excludes halogenated alkanes) is 3. The van der Waals surface area contributed by atoms with Crippen LogP contribution in [0.2, 0.25) is 0 Å². The van der Waals surface area contributed by atoms with Gasteiger partial charge in [0.05, 0.1) is 43.5 Å². The number of amidine groups is 1. The fraction of sp³-hybridized carbons (Fsp3) is 0.371. The van der Waals surface area contributed by atoms with Crippen LogP contribution in [0.4, 0.5) is 16.3 Å². The highest BCUT2D eigenvalue weighted by atomic mass is 32.2. The Hall–Kier alpha value is -5.35. The number of carbonyl (C=O) groups excluding carboxylic acids is 3. The zero-order valence-electron chi connectivity index (χ0n) is 29.2. The van der Waals surface area contributed by atoms with E-state index in [1.807, 2.05) is 25.1 Å². The Bertz CT molecular complexity index is 1870. The highest BCUT2D eigenvalue weighted by Gasteiger charge is 2.23. The monoisotopic (exact) mass is 723 g/mol. The molecule has 5 N–H and O–H groups in total. The van der Waals surface area contributed by atoms with Gasteiger partial charge in [0, 0.05) is 29.6 Å². The van der Waals surface area contributed by atoms with Gasteiger partial charge in [0.15, 0.2) is 0 Å². The number of hydrogen-bond acceptors (Lipinski definition) is 11. The van der Waals surface area contributed by atoms with E-state index in [9.17, 15) is 22.8 Å². The topological polar surface area (TPSA) is 217 Å². The van der Waals surface area contributed by atoms with Gasteiger partial charge in [-0.1, -0.05) is 32.3 Å². The number of nitrogens with one attached hydrogen (secondary N) is 4. The molecule has 0 fully saturated rings. The lowest BCUT2D eigenvalue weighted by Crippen LogP contribution is -2.34. The number of H-pyrrole nitrogens is 1. The van der Waals surface area contributed by atoms with Gasteiger partial charge in [-0.2, -0.15) is 8.42 Å². The van der Waals surface area contributed by atoms with Crippen LogP contribution >= 0.6 is 0 Å². The number of rotatable bonds is 15. The fourth-order valence-electron chi connectivity index (χ4n) is 4.84. The van der Waals surface area contributed by atoms with Crippen LogP contribution in [0.5, 0.6) is 0 Å². The lowest BCUT2D eigenvalue weighted by Gasteiger charge is -2.22. The Labute approximate surface area is 297 Å². The van der Waals surface area contributed by atoms with E-state index in [0.29, 0.717) is 53.3 Å². The Kier molecular flexibility index (Phi) is 15.5. The molecule has 16 heteroatoms. The number of nitrogens with zero attached hydrogens (tertiary/aromatic N) is 3. The molecule has 2 aromatic carbocycles. The van der Waals surface area contributed by atoms with Gasteiger partial charge >= 0.3 is 12.1 Å². The minimum Gasteiger partial charge on any atom is -0.466 e. The van der Waals surface area contributed by atoms with Crippen molar-refractivity contribution >= 4 is 56.5 Å². The second-order valence-electron chi connectivity index (χ2n) is 11.4. The van der Waals surface area contributed by atoms with Crippen molar-refractivity contribution in [3.63, 3.8) is 0 Å². The van der Waals surface area contributed by atoms with Crippen LogP contribution in [-0.4, -0.2) is 77.7 Å². The number of imidazole rings is 1. The number of carbonyl (C=O) groups is 3. The molecule has 2 heterocycles. The van der Waals surface area contributed by atoms with Crippen molar-refractivity contribution in [2.24, 2.45) is 0 Å². The summed E-state index contributed by atoms with van der Waals surface area (Å²) < 4.78 is 36.1. The molecule has 0 bridgehead atoms. The molecule has 0 saturated carbocycles. The van der Waals surface area contributed by atoms with Gasteiger partial charge in [-0.3, -0.25) is 29.8 Å². The van der Waals surface area contributed by atoms with Gasteiger partial charge < -0.3 is 19.8 Å². The smallest absolute Gasteiger partial charge is 0.412 e. The van der Waals surface area contributed by atoms with E-state index in [2.05, 4.69) is 27.5 Å². The molecule has 2 amide bonds. The van der Waals surface area contributed by atoms with E-state index >= 15 is 0 Å². The van der Waals surface area contributed by atoms with Crippen molar-refractivity contribution in [1.82, 2.24) is 20.3 Å². The van der Waals surface area contributed by atoms with Gasteiger partial charge in [0.25, 0.3) is 16.0 Å². The van der Waals surface area contributed by atoms with Crippen LogP contribution in [0.15, 0.2) is 60.8 Å². The number of benzene rings is 2. The van der Waals surface area contributed by atoms with E-state index in [1.54, 1.807) is 49.5 Å². The molecule has 4 aromatic rings. The first-order valence-electron chi connectivity index (χ1n) is 16.5. The summed E-state index contributed by atoms with van der Waals surface area (Å²) in [5.74, 6) is 0.409. The standard InChI is InChI=1S/C34H41N7O5.CH4O3S/c1-4-6-7-10-21-46-34(44)40-32(35)24-12-14-25(15-13-24)37-22-28-38-27-17-16-26(23(3)31(27)39-28)33(43)41(20-18-30(42)45-5-2)29-11-8-9-19-36-29;1-5(2,3)4/h8-9,11-17,19,37H,4-7,10,18,20-22H2,1-3H3,(H,38,39)(H2,35,40,44);1H3,(H,2,3,4). The molecule has 0 aliphatic carbocycles. The van der Waals surface area contributed by atoms with Crippen LogP contribution in [0.25, 0.3) is 11.0 Å². The molecular weight excluding hydrogens is 678 g/mol. The molecule has 2 aromatic heterocycles. The number of pyridine rings is 1. The molecular formula is C35H45N7O8S. The van der Waals surface area contributed by atoms with Crippen molar-refractivity contribution in [1.29, 1.82) is 5.41 Å². The summed E-state index contributed by atoms with van der Waals surface area (Å²) >= 11 is 0. The van der Waals surface area contributed by atoms with Crippen LogP contribution in [0, 0.1) is 12.3 Å². The SMILES string of the molecule is CCCCCCOC(=O)NC(=N)c1ccc(NCc2nc3c(C)c(C(=O)N(CCC(=O)OCC)c4ccccn4)ccc3[nH]2)cc1.CS(=O)(=O)O. The summed E-state index contributed by atoms with van der Waals surface area (Å²) in [6.07, 6.45) is 5.76. The predicted octanol–water partition coefficient (Wildman–Crippen LogP) is 5.61. The Morgan fingerprint density at radius 1 is 1.00 bits per heavy atom. The van der Waals surface area contributed by atoms with Crippen molar-refractivity contribution in [3.05, 3.63) is 83.3 Å². The minimum absolute atomic E-state index is 0.0364. The maximum absolute atomic E-state index is 13.8. The second kappa shape index (κ2) is 19.7. The number of aromatic nitrogens is 3. The van der Waals surface area contributed by atoms with E-state index < -0.39 is 16.2 Å². The highest BCUT2D eigenvalue weighted by Crippen LogP contribution is 2.24. The van der Waals surface area contributed by atoms with Gasteiger partial charge in [0.1, 0.15) is 17.5 Å². The quantitative estimate of drug-likeness (QED) is 0.0334. The second-order valence-corrected chi connectivity index (χ2v) is 12.8. The molecule has 0 radical (unpaired) electrons. The number of aromatic amines is 1. The fourth-order valence-corrected chi connectivity index (χ4v) is 4.84. The number of alkyl carbamates (subject to hydrolysis) is 1. The highest BCUT2D eigenvalue weighted by molar-refractivity contribution is 7.85. The summed E-state index contributed by atoms with van der Waals surface area (Å²) in [7, 11) is -3.67. The molecule has 0 spiro atoms. The number of aryl methyl sites for hydroxylation is 1. The zero-order chi connectivity index (χ0) is 37.4. The molecule has 0 saturated heterocycles. The minimum atomic E-state index is -3.67. The Morgan fingerprint density at radius 3 is 2.37 bits per heavy atom. The maximum atomic E-state index is 13.8. The van der Waals surface area contributed by atoms with Crippen LogP contribution < -0.4 is 15.5 Å². The normalized spacial score (nSPS) is 10.8. The lowest BCUT2D eigenvalue weighted by atomic mass is 10.1. The number of esters is 1. The van der Waals surface area contributed by atoms with Crippen LogP contribution in [0.3, 0.4) is 0 Å². The maximum Gasteiger partial charge on any atom is 0.412 e. The number of anilines is 2. The number of ether oxygens (including phenoxy) is 2. The average Bonchev–Trinajstić information content (AvgIpc) is 3.52. The summed E-state index contributed by atoms with van der Waals surface area (Å²) in [5.41, 5.74) is 3.97. The predicted molar refractivity (Wildman–Crippen MR) is 195 cm³/mol. The first-order valence-corrected chi connectivity index (χ1v) is 18.3. The largest absolute Gasteiger partial charge is 0.466 e. The van der Waals surface area contributed by atoms with E-state index in [1.165, 1.54) is 4.90 Å². The van der Waals surface area contributed by atoms with E-state index in [-0.39, 0.29) is 37.3 Å². The summed E-state index contributed by atoms with van der Waals surface area (Å²) in [5, 5.41) is 13.9. The van der Waals surface area contributed by atoms with Gasteiger partial charge in [-0.25, -0.2) is 14.8 Å². The third-order valence-corrected chi connectivity index (χ3v) is 7.29. The molecule has 0 aliphatic rings. The zero-order valence-corrected chi connectivity index (χ0v) is 30.0. The molecule has 0 atom stereocenters. The van der Waals surface area contributed by atoms with Gasteiger partial charge in [-0.15, -0.1) is 0 Å². The average molecular weight is 724 g/mol. The number of hydrogen-bond donors (Lipinski definition) is 5. The molecule has 0 unspecified atom stereocenters.